The van der Waals surface area contributed by atoms with E-state index >= 15 is 0 Å². The Kier molecular flexibility index (Phi) is 4.38. The molecule has 0 aliphatic heterocycles. The van der Waals surface area contributed by atoms with Crippen LogP contribution < -0.4 is 5.32 Å². The van der Waals surface area contributed by atoms with Crippen LogP contribution in [-0.2, 0) is 13.5 Å². The highest BCUT2D eigenvalue weighted by atomic mass is 15.1. The van der Waals surface area contributed by atoms with Gasteiger partial charge < -0.3 is 9.88 Å². The summed E-state index contributed by atoms with van der Waals surface area (Å²) in [5.74, 6) is 1.67. The smallest absolute Gasteiger partial charge is 0.125 e. The van der Waals surface area contributed by atoms with Crippen molar-refractivity contribution in [3.63, 3.8) is 0 Å². The number of benzene rings is 1. The van der Waals surface area contributed by atoms with E-state index in [-0.39, 0.29) is 6.04 Å². The van der Waals surface area contributed by atoms with E-state index in [9.17, 15) is 0 Å². The maximum absolute atomic E-state index is 4.43. The summed E-state index contributed by atoms with van der Waals surface area (Å²) in [4.78, 5) is 4.43. The van der Waals surface area contributed by atoms with Gasteiger partial charge in [-0.3, -0.25) is 0 Å². The van der Waals surface area contributed by atoms with Crippen molar-refractivity contribution in [1.82, 2.24) is 14.9 Å². The molecule has 3 nitrogen and oxygen atoms in total. The number of rotatable bonds is 5. The zero-order valence-corrected chi connectivity index (χ0v) is 12.2. The van der Waals surface area contributed by atoms with Gasteiger partial charge in [0.1, 0.15) is 5.82 Å². The van der Waals surface area contributed by atoms with Gasteiger partial charge in [-0.15, -0.1) is 0 Å². The molecule has 1 aromatic heterocycles. The molecule has 0 spiro atoms. The lowest BCUT2D eigenvalue weighted by Gasteiger charge is -2.16. The first-order valence-corrected chi connectivity index (χ1v) is 6.85. The minimum atomic E-state index is 0.255. The van der Waals surface area contributed by atoms with Crippen molar-refractivity contribution in [2.45, 2.75) is 32.2 Å². The SMILES string of the molecule is CNC(Cc1ccc(C(C)C)cc1)c1nccn1C. The first kappa shape index (κ1) is 13.8. The average molecular weight is 257 g/mol. The lowest BCUT2D eigenvalue weighted by molar-refractivity contribution is 0.538. The second-order valence-corrected chi connectivity index (χ2v) is 5.34. The standard InChI is InChI=1S/C16H23N3/c1-12(2)14-7-5-13(6-8-14)11-15(17-3)16-18-9-10-19(16)4/h5-10,12,15,17H,11H2,1-4H3. The first-order chi connectivity index (χ1) is 9.11. The normalized spacial score (nSPS) is 12.9. The summed E-state index contributed by atoms with van der Waals surface area (Å²) in [6.07, 6.45) is 4.79. The fourth-order valence-corrected chi connectivity index (χ4v) is 2.31. The van der Waals surface area contributed by atoms with E-state index in [1.165, 1.54) is 11.1 Å². The third kappa shape index (κ3) is 3.24. The number of hydrogen-bond donors (Lipinski definition) is 1. The summed E-state index contributed by atoms with van der Waals surface area (Å²) in [5.41, 5.74) is 2.73. The molecule has 0 aliphatic rings. The fraction of sp³-hybridized carbons (Fsp3) is 0.438. The minimum absolute atomic E-state index is 0.255. The summed E-state index contributed by atoms with van der Waals surface area (Å²) >= 11 is 0. The number of nitrogens with one attached hydrogen (secondary N) is 1. The molecule has 1 unspecified atom stereocenters. The largest absolute Gasteiger partial charge is 0.337 e. The third-order valence-electron chi connectivity index (χ3n) is 3.60. The molecule has 1 N–H and O–H groups in total. The molecule has 2 aromatic rings. The molecular weight excluding hydrogens is 234 g/mol. The highest BCUT2D eigenvalue weighted by Gasteiger charge is 2.14. The van der Waals surface area contributed by atoms with Gasteiger partial charge in [0.2, 0.25) is 0 Å². The molecular formula is C16H23N3. The van der Waals surface area contributed by atoms with Crippen LogP contribution in [0.15, 0.2) is 36.7 Å². The van der Waals surface area contributed by atoms with Crippen LogP contribution in [0.4, 0.5) is 0 Å². The van der Waals surface area contributed by atoms with Crippen molar-refractivity contribution in [2.24, 2.45) is 7.05 Å². The molecule has 0 saturated carbocycles. The summed E-state index contributed by atoms with van der Waals surface area (Å²) in [7, 11) is 4.02. The Labute approximate surface area is 115 Å². The number of likely N-dealkylation sites (N-methyl/N-ethyl adjacent to an activating group) is 1. The molecule has 0 saturated heterocycles. The maximum atomic E-state index is 4.43. The van der Waals surface area contributed by atoms with E-state index < -0.39 is 0 Å². The van der Waals surface area contributed by atoms with E-state index in [2.05, 4.69) is 53.0 Å². The molecule has 1 aromatic carbocycles. The molecule has 1 atom stereocenters. The Hall–Kier alpha value is -1.61. The molecule has 0 bridgehead atoms. The van der Waals surface area contributed by atoms with Crippen molar-refractivity contribution >= 4 is 0 Å². The molecule has 0 fully saturated rings. The highest BCUT2D eigenvalue weighted by Crippen LogP contribution is 2.19. The lowest BCUT2D eigenvalue weighted by Crippen LogP contribution is -2.22. The molecule has 0 amide bonds. The fourth-order valence-electron chi connectivity index (χ4n) is 2.31. The first-order valence-electron chi connectivity index (χ1n) is 6.85. The van der Waals surface area contributed by atoms with E-state index in [1.54, 1.807) is 0 Å². The molecule has 102 valence electrons. The third-order valence-corrected chi connectivity index (χ3v) is 3.60. The summed E-state index contributed by atoms with van der Waals surface area (Å²) in [6.45, 7) is 4.44. The zero-order valence-electron chi connectivity index (χ0n) is 12.2. The number of aromatic nitrogens is 2. The number of nitrogens with zero attached hydrogens (tertiary/aromatic N) is 2. The van der Waals surface area contributed by atoms with Gasteiger partial charge in [-0.2, -0.15) is 0 Å². The summed E-state index contributed by atoms with van der Waals surface area (Å²) < 4.78 is 2.07. The predicted molar refractivity (Wildman–Crippen MR) is 79.2 cm³/mol. The van der Waals surface area contributed by atoms with Crippen LogP contribution in [0.3, 0.4) is 0 Å². The zero-order chi connectivity index (χ0) is 13.8. The maximum Gasteiger partial charge on any atom is 0.125 e. The van der Waals surface area contributed by atoms with E-state index in [4.69, 9.17) is 0 Å². The van der Waals surface area contributed by atoms with Crippen molar-refractivity contribution in [1.29, 1.82) is 0 Å². The molecule has 2 rings (SSSR count). The Morgan fingerprint density at radius 3 is 2.37 bits per heavy atom. The van der Waals surface area contributed by atoms with Gasteiger partial charge in [-0.1, -0.05) is 38.1 Å². The van der Waals surface area contributed by atoms with Crippen LogP contribution in [0.25, 0.3) is 0 Å². The average Bonchev–Trinajstić information content (AvgIpc) is 2.83. The van der Waals surface area contributed by atoms with Crippen molar-refractivity contribution < 1.29 is 0 Å². The van der Waals surface area contributed by atoms with Gasteiger partial charge in [0.05, 0.1) is 6.04 Å². The van der Waals surface area contributed by atoms with Gasteiger partial charge in [0.15, 0.2) is 0 Å². The van der Waals surface area contributed by atoms with Gasteiger partial charge >= 0.3 is 0 Å². The van der Waals surface area contributed by atoms with Crippen LogP contribution in [0.2, 0.25) is 0 Å². The van der Waals surface area contributed by atoms with Crippen molar-refractivity contribution in [2.75, 3.05) is 7.05 Å². The van der Waals surface area contributed by atoms with Crippen LogP contribution in [0.5, 0.6) is 0 Å². The van der Waals surface area contributed by atoms with Gasteiger partial charge in [0.25, 0.3) is 0 Å². The Bertz CT molecular complexity index is 511. The summed E-state index contributed by atoms with van der Waals surface area (Å²) in [6, 6.07) is 9.16. The Morgan fingerprint density at radius 2 is 1.89 bits per heavy atom. The molecule has 0 aliphatic carbocycles. The monoisotopic (exact) mass is 257 g/mol. The second-order valence-electron chi connectivity index (χ2n) is 5.34. The van der Waals surface area contributed by atoms with Gasteiger partial charge in [0, 0.05) is 19.4 Å². The summed E-state index contributed by atoms with van der Waals surface area (Å²) in [5, 5.41) is 3.35. The quantitative estimate of drug-likeness (QED) is 0.892. The van der Waals surface area contributed by atoms with E-state index in [1.807, 2.05) is 26.5 Å². The number of hydrogen-bond acceptors (Lipinski definition) is 2. The van der Waals surface area contributed by atoms with Crippen LogP contribution in [0.1, 0.15) is 42.8 Å². The van der Waals surface area contributed by atoms with Crippen LogP contribution in [0, 0.1) is 0 Å². The van der Waals surface area contributed by atoms with E-state index in [0.717, 1.165) is 12.2 Å². The van der Waals surface area contributed by atoms with Crippen molar-refractivity contribution in [3.8, 4) is 0 Å². The topological polar surface area (TPSA) is 29.9 Å². The van der Waals surface area contributed by atoms with E-state index in [0.29, 0.717) is 5.92 Å². The van der Waals surface area contributed by atoms with Gasteiger partial charge in [-0.05, 0) is 30.5 Å². The van der Waals surface area contributed by atoms with Crippen LogP contribution >= 0.6 is 0 Å². The highest BCUT2D eigenvalue weighted by molar-refractivity contribution is 5.25. The molecule has 3 heteroatoms. The second kappa shape index (κ2) is 6.02. The Balaban J connectivity index is 2.13. The minimum Gasteiger partial charge on any atom is -0.337 e. The molecule has 19 heavy (non-hydrogen) atoms. The Morgan fingerprint density at radius 1 is 1.21 bits per heavy atom. The number of aryl methyl sites for hydroxylation is 1. The van der Waals surface area contributed by atoms with Crippen LogP contribution in [-0.4, -0.2) is 16.6 Å². The molecule has 1 heterocycles. The van der Waals surface area contributed by atoms with Crippen molar-refractivity contribution in [3.05, 3.63) is 53.6 Å². The number of imidazole rings is 1. The predicted octanol–water partition coefficient (Wildman–Crippen LogP) is 3.05. The molecule has 0 radical (unpaired) electrons. The van der Waals surface area contributed by atoms with Gasteiger partial charge in [-0.25, -0.2) is 4.98 Å². The lowest BCUT2D eigenvalue weighted by atomic mass is 9.99.